The Hall–Kier alpha value is -1.89. The van der Waals surface area contributed by atoms with E-state index in [0.717, 1.165) is 9.15 Å². The topological polar surface area (TPSA) is 77.0 Å². The van der Waals surface area contributed by atoms with Gasteiger partial charge in [-0.15, -0.1) is 5.10 Å². The number of nitrogens with one attached hydrogen (secondary N) is 1. The highest BCUT2D eigenvalue weighted by Crippen LogP contribution is 2.12. The molecule has 0 amide bonds. The summed E-state index contributed by atoms with van der Waals surface area (Å²) < 4.78 is 6.45. The number of hydrogen-bond acceptors (Lipinski definition) is 4. The fourth-order valence-corrected chi connectivity index (χ4v) is 1.53. The zero-order valence-corrected chi connectivity index (χ0v) is 10.4. The number of methoxy groups -OCH3 is 1. The van der Waals surface area contributed by atoms with Crippen LogP contribution in [0, 0.1) is 0 Å². The van der Waals surface area contributed by atoms with Gasteiger partial charge in [-0.25, -0.2) is 9.59 Å². The molecular formula is C10H8BrN3O3. The van der Waals surface area contributed by atoms with E-state index >= 15 is 0 Å². The zero-order valence-electron chi connectivity index (χ0n) is 8.81. The molecule has 0 aliphatic carbocycles. The molecule has 2 aromatic rings. The number of H-pyrrole nitrogens is 1. The van der Waals surface area contributed by atoms with Gasteiger partial charge in [0.05, 0.1) is 12.8 Å². The fourth-order valence-electron chi connectivity index (χ4n) is 1.27. The molecule has 7 heteroatoms. The maximum Gasteiger partial charge on any atom is 0.376 e. The van der Waals surface area contributed by atoms with Crippen LogP contribution in [0.2, 0.25) is 0 Å². The number of benzene rings is 1. The summed E-state index contributed by atoms with van der Waals surface area (Å²) in [5.74, 6) is -0.807. The summed E-state index contributed by atoms with van der Waals surface area (Å²) in [7, 11) is 1.22. The van der Waals surface area contributed by atoms with Crippen LogP contribution in [0.25, 0.3) is 5.69 Å². The van der Waals surface area contributed by atoms with Crippen LogP contribution in [0.15, 0.2) is 33.5 Å². The van der Waals surface area contributed by atoms with Crippen LogP contribution < -0.4 is 5.69 Å². The molecule has 1 heterocycles. The molecule has 1 aromatic carbocycles. The van der Waals surface area contributed by atoms with Gasteiger partial charge >= 0.3 is 11.7 Å². The minimum absolute atomic E-state index is 0.125. The lowest BCUT2D eigenvalue weighted by atomic mass is 10.3. The van der Waals surface area contributed by atoms with E-state index in [1.165, 1.54) is 7.11 Å². The van der Waals surface area contributed by atoms with Crippen LogP contribution >= 0.6 is 15.9 Å². The SMILES string of the molecule is COC(=O)c1nn(-c2ccc(Br)cc2)c(=O)[nH]1. The number of esters is 1. The van der Waals surface area contributed by atoms with Gasteiger partial charge in [0.25, 0.3) is 0 Å². The number of nitrogens with zero attached hydrogens (tertiary/aromatic N) is 2. The van der Waals surface area contributed by atoms with Crippen LogP contribution in [0.1, 0.15) is 10.6 Å². The van der Waals surface area contributed by atoms with Gasteiger partial charge in [0.15, 0.2) is 0 Å². The first-order valence-corrected chi connectivity index (χ1v) is 5.44. The summed E-state index contributed by atoms with van der Waals surface area (Å²) >= 11 is 3.29. The van der Waals surface area contributed by atoms with Crippen molar-refractivity contribution in [3.8, 4) is 5.69 Å². The van der Waals surface area contributed by atoms with Crippen molar-refractivity contribution in [3.63, 3.8) is 0 Å². The summed E-state index contributed by atoms with van der Waals surface area (Å²) in [5, 5.41) is 3.84. The first-order valence-electron chi connectivity index (χ1n) is 4.65. The van der Waals surface area contributed by atoms with Crippen LogP contribution in [0.5, 0.6) is 0 Å². The summed E-state index contributed by atoms with van der Waals surface area (Å²) in [6.07, 6.45) is 0. The monoisotopic (exact) mass is 297 g/mol. The number of carbonyl (C=O) groups excluding carboxylic acids is 1. The van der Waals surface area contributed by atoms with Crippen molar-refractivity contribution in [2.45, 2.75) is 0 Å². The molecule has 1 aromatic heterocycles. The number of carbonyl (C=O) groups is 1. The van der Waals surface area contributed by atoms with E-state index in [1.807, 2.05) is 0 Å². The molecule has 17 heavy (non-hydrogen) atoms. The van der Waals surface area contributed by atoms with Gasteiger partial charge < -0.3 is 4.74 Å². The largest absolute Gasteiger partial charge is 0.463 e. The summed E-state index contributed by atoms with van der Waals surface area (Å²) in [6, 6.07) is 6.95. The number of rotatable bonds is 2. The maximum atomic E-state index is 11.6. The third-order valence-corrected chi connectivity index (χ3v) is 2.60. The van der Waals surface area contributed by atoms with Gasteiger partial charge in [0.1, 0.15) is 0 Å². The lowest BCUT2D eigenvalue weighted by Gasteiger charge is -1.98. The maximum absolute atomic E-state index is 11.6. The molecule has 0 saturated carbocycles. The predicted molar refractivity (Wildman–Crippen MR) is 63.2 cm³/mol. The molecule has 2 rings (SSSR count). The molecule has 0 aliphatic heterocycles. The van der Waals surface area contributed by atoms with E-state index in [4.69, 9.17) is 0 Å². The molecule has 0 saturated heterocycles. The highest BCUT2D eigenvalue weighted by atomic mass is 79.9. The third kappa shape index (κ3) is 2.28. The smallest absolute Gasteiger partial charge is 0.376 e. The third-order valence-electron chi connectivity index (χ3n) is 2.07. The van der Waals surface area contributed by atoms with Crippen molar-refractivity contribution in [2.75, 3.05) is 7.11 Å². The van der Waals surface area contributed by atoms with Gasteiger partial charge in [0, 0.05) is 4.47 Å². The predicted octanol–water partition coefficient (Wildman–Crippen LogP) is 1.11. The summed E-state index contributed by atoms with van der Waals surface area (Å²) in [5.41, 5.74) is 0.0670. The average Bonchev–Trinajstić information content (AvgIpc) is 2.71. The Labute approximate surface area is 104 Å². The molecule has 0 bridgehead atoms. The zero-order chi connectivity index (χ0) is 12.4. The van der Waals surface area contributed by atoms with Gasteiger partial charge in [-0.05, 0) is 24.3 Å². The summed E-state index contributed by atoms with van der Waals surface area (Å²) in [6.45, 7) is 0. The molecule has 88 valence electrons. The van der Waals surface area contributed by atoms with Gasteiger partial charge in [0.2, 0.25) is 5.82 Å². The van der Waals surface area contributed by atoms with Gasteiger partial charge in [-0.1, -0.05) is 15.9 Å². The minimum Gasteiger partial charge on any atom is -0.463 e. The van der Waals surface area contributed by atoms with Crippen molar-refractivity contribution in [1.82, 2.24) is 14.8 Å². The van der Waals surface area contributed by atoms with Crippen molar-refractivity contribution >= 4 is 21.9 Å². The Morgan fingerprint density at radius 1 is 1.41 bits per heavy atom. The van der Waals surface area contributed by atoms with Crippen molar-refractivity contribution < 1.29 is 9.53 Å². The standard InChI is InChI=1S/C10H8BrN3O3/c1-17-9(15)8-12-10(16)14(13-8)7-4-2-6(11)3-5-7/h2-5H,1H3,(H,12,13,16). The van der Waals surface area contributed by atoms with E-state index in [2.05, 4.69) is 30.7 Å². The Balaban J connectivity index is 2.46. The number of ether oxygens (including phenoxy) is 1. The van der Waals surface area contributed by atoms with Crippen molar-refractivity contribution in [2.24, 2.45) is 0 Å². The molecule has 0 atom stereocenters. The van der Waals surface area contributed by atoms with E-state index in [9.17, 15) is 9.59 Å². The van der Waals surface area contributed by atoms with Gasteiger partial charge in [-0.2, -0.15) is 4.68 Å². The molecule has 1 N–H and O–H groups in total. The molecule has 0 radical (unpaired) electrons. The Morgan fingerprint density at radius 2 is 2.06 bits per heavy atom. The van der Waals surface area contributed by atoms with E-state index < -0.39 is 11.7 Å². The van der Waals surface area contributed by atoms with Crippen LogP contribution in [0.4, 0.5) is 0 Å². The number of hydrogen-bond donors (Lipinski definition) is 1. The molecule has 6 nitrogen and oxygen atoms in total. The number of aromatic nitrogens is 3. The lowest BCUT2D eigenvalue weighted by molar-refractivity contribution is 0.0587. The average molecular weight is 298 g/mol. The molecular weight excluding hydrogens is 290 g/mol. The second-order valence-electron chi connectivity index (χ2n) is 3.16. The molecule has 0 spiro atoms. The number of halogens is 1. The van der Waals surface area contributed by atoms with E-state index in [0.29, 0.717) is 5.69 Å². The van der Waals surface area contributed by atoms with Gasteiger partial charge in [-0.3, -0.25) is 4.98 Å². The van der Waals surface area contributed by atoms with Crippen LogP contribution in [-0.2, 0) is 4.74 Å². The Bertz CT molecular complexity index is 600. The van der Waals surface area contributed by atoms with Crippen molar-refractivity contribution in [1.29, 1.82) is 0 Å². The minimum atomic E-state index is -0.682. The molecule has 0 aliphatic rings. The highest BCUT2D eigenvalue weighted by Gasteiger charge is 2.13. The Morgan fingerprint density at radius 3 is 2.65 bits per heavy atom. The second-order valence-corrected chi connectivity index (χ2v) is 4.07. The lowest BCUT2D eigenvalue weighted by Crippen LogP contribution is -2.15. The molecule has 0 unspecified atom stereocenters. The second kappa shape index (κ2) is 4.54. The fraction of sp³-hybridized carbons (Fsp3) is 0.100. The van der Waals surface area contributed by atoms with Crippen LogP contribution in [0.3, 0.4) is 0 Å². The number of aromatic amines is 1. The normalized spacial score (nSPS) is 10.2. The van der Waals surface area contributed by atoms with E-state index in [-0.39, 0.29) is 5.82 Å². The van der Waals surface area contributed by atoms with Crippen LogP contribution in [-0.4, -0.2) is 27.8 Å². The summed E-state index contributed by atoms with van der Waals surface area (Å²) in [4.78, 5) is 25.1. The first kappa shape index (κ1) is 11.6. The molecule has 0 fully saturated rings. The van der Waals surface area contributed by atoms with Crippen molar-refractivity contribution in [3.05, 3.63) is 45.0 Å². The highest BCUT2D eigenvalue weighted by molar-refractivity contribution is 9.10. The first-order chi connectivity index (χ1) is 8.11. The van der Waals surface area contributed by atoms with E-state index in [1.54, 1.807) is 24.3 Å². The Kier molecular flexibility index (Phi) is 3.10. The quantitative estimate of drug-likeness (QED) is 0.843.